The Bertz CT molecular complexity index is 782. The lowest BCUT2D eigenvalue weighted by Crippen LogP contribution is -2.33. The van der Waals surface area contributed by atoms with Gasteiger partial charge in [-0.3, -0.25) is 4.79 Å². The van der Waals surface area contributed by atoms with Gasteiger partial charge in [0.15, 0.2) is 0 Å². The van der Waals surface area contributed by atoms with Gasteiger partial charge in [0.2, 0.25) is 5.91 Å². The number of amides is 1. The SMILES string of the molecule is COc1ccccc1NC(=O)C1(C(O)/C=C/c2ccc(Cl)cc2)CC1. The van der Waals surface area contributed by atoms with E-state index in [4.69, 9.17) is 16.3 Å². The van der Waals surface area contributed by atoms with Crippen molar-refractivity contribution in [2.75, 3.05) is 12.4 Å². The van der Waals surface area contributed by atoms with Crippen molar-refractivity contribution in [1.29, 1.82) is 0 Å². The van der Waals surface area contributed by atoms with Crippen LogP contribution in [-0.4, -0.2) is 24.2 Å². The monoisotopic (exact) mass is 357 g/mol. The molecule has 1 unspecified atom stereocenters. The Kier molecular flexibility index (Phi) is 5.11. The highest BCUT2D eigenvalue weighted by atomic mass is 35.5. The van der Waals surface area contributed by atoms with Gasteiger partial charge >= 0.3 is 0 Å². The molecule has 0 radical (unpaired) electrons. The Balaban J connectivity index is 1.70. The molecule has 1 saturated carbocycles. The van der Waals surface area contributed by atoms with E-state index in [9.17, 15) is 9.90 Å². The number of carbonyl (C=O) groups excluding carboxylic acids is 1. The molecule has 25 heavy (non-hydrogen) atoms. The van der Waals surface area contributed by atoms with E-state index in [2.05, 4.69) is 5.32 Å². The number of anilines is 1. The summed E-state index contributed by atoms with van der Waals surface area (Å²) in [5.74, 6) is 0.406. The highest BCUT2D eigenvalue weighted by Crippen LogP contribution is 2.50. The number of rotatable bonds is 6. The van der Waals surface area contributed by atoms with Crippen molar-refractivity contribution in [3.63, 3.8) is 0 Å². The lowest BCUT2D eigenvalue weighted by molar-refractivity contribution is -0.124. The van der Waals surface area contributed by atoms with Gasteiger partial charge in [0, 0.05) is 5.02 Å². The Morgan fingerprint density at radius 2 is 1.92 bits per heavy atom. The Labute approximate surface area is 152 Å². The molecule has 0 aliphatic heterocycles. The van der Waals surface area contributed by atoms with Crippen LogP contribution in [0.1, 0.15) is 18.4 Å². The number of aliphatic hydroxyl groups is 1. The van der Waals surface area contributed by atoms with Gasteiger partial charge < -0.3 is 15.2 Å². The van der Waals surface area contributed by atoms with Gasteiger partial charge in [-0.1, -0.05) is 48.0 Å². The fraction of sp³-hybridized carbons (Fsp3) is 0.250. The molecule has 1 amide bonds. The van der Waals surface area contributed by atoms with Crippen LogP contribution in [0.5, 0.6) is 5.75 Å². The summed E-state index contributed by atoms with van der Waals surface area (Å²) in [4.78, 5) is 12.7. The third-order valence-electron chi connectivity index (χ3n) is 4.50. The summed E-state index contributed by atoms with van der Waals surface area (Å²) >= 11 is 5.86. The molecule has 4 nitrogen and oxygen atoms in total. The first-order valence-corrected chi connectivity index (χ1v) is 8.49. The zero-order chi connectivity index (χ0) is 17.9. The quantitative estimate of drug-likeness (QED) is 0.816. The van der Waals surface area contributed by atoms with E-state index in [0.29, 0.717) is 29.3 Å². The summed E-state index contributed by atoms with van der Waals surface area (Å²) in [5, 5.41) is 14.1. The summed E-state index contributed by atoms with van der Waals surface area (Å²) in [6, 6.07) is 14.5. The highest BCUT2D eigenvalue weighted by Gasteiger charge is 2.54. The third-order valence-corrected chi connectivity index (χ3v) is 4.76. The van der Waals surface area contributed by atoms with Gasteiger partial charge in [-0.2, -0.15) is 0 Å². The molecule has 2 N–H and O–H groups in total. The van der Waals surface area contributed by atoms with Crippen molar-refractivity contribution in [1.82, 2.24) is 0 Å². The first kappa shape index (κ1) is 17.5. The zero-order valence-electron chi connectivity index (χ0n) is 13.9. The van der Waals surface area contributed by atoms with Crippen LogP contribution in [0.4, 0.5) is 5.69 Å². The average Bonchev–Trinajstić information content (AvgIpc) is 3.43. The lowest BCUT2D eigenvalue weighted by atomic mass is 9.96. The maximum Gasteiger partial charge on any atom is 0.233 e. The summed E-state index contributed by atoms with van der Waals surface area (Å²) in [7, 11) is 1.56. The minimum atomic E-state index is -0.849. The molecule has 1 atom stereocenters. The molecule has 0 spiro atoms. The van der Waals surface area contributed by atoms with Crippen molar-refractivity contribution < 1.29 is 14.6 Å². The predicted octanol–water partition coefficient (Wildman–Crippen LogP) is 4.14. The minimum Gasteiger partial charge on any atom is -0.495 e. The maximum atomic E-state index is 12.7. The number of hydrogen-bond donors (Lipinski definition) is 2. The second-order valence-corrected chi connectivity index (χ2v) is 6.60. The zero-order valence-corrected chi connectivity index (χ0v) is 14.7. The number of carbonyl (C=O) groups is 1. The van der Waals surface area contributed by atoms with E-state index < -0.39 is 11.5 Å². The number of ether oxygens (including phenoxy) is 1. The summed E-state index contributed by atoms with van der Waals surface area (Å²) in [6.07, 6.45) is 3.92. The average molecular weight is 358 g/mol. The Morgan fingerprint density at radius 1 is 1.24 bits per heavy atom. The van der Waals surface area contributed by atoms with Gasteiger partial charge in [-0.05, 0) is 42.7 Å². The molecule has 130 valence electrons. The summed E-state index contributed by atoms with van der Waals surface area (Å²) < 4.78 is 5.25. The number of benzene rings is 2. The first-order chi connectivity index (χ1) is 12.0. The molecular formula is C20H20ClNO3. The second kappa shape index (κ2) is 7.30. The lowest BCUT2D eigenvalue weighted by Gasteiger charge is -2.20. The molecule has 1 aliphatic rings. The molecule has 3 rings (SSSR count). The molecule has 2 aromatic rings. The molecule has 5 heteroatoms. The summed E-state index contributed by atoms with van der Waals surface area (Å²) in [5.41, 5.74) is 0.753. The number of halogens is 1. The third kappa shape index (κ3) is 3.86. The Morgan fingerprint density at radius 3 is 2.56 bits per heavy atom. The van der Waals surface area contributed by atoms with Crippen LogP contribution in [-0.2, 0) is 4.79 Å². The normalized spacial score (nSPS) is 16.4. The molecule has 1 fully saturated rings. The van der Waals surface area contributed by atoms with E-state index in [0.717, 1.165) is 5.56 Å². The fourth-order valence-electron chi connectivity index (χ4n) is 2.75. The van der Waals surface area contributed by atoms with Crippen LogP contribution in [0.2, 0.25) is 5.02 Å². The Hall–Kier alpha value is -2.30. The number of hydrogen-bond acceptors (Lipinski definition) is 3. The fourth-order valence-corrected chi connectivity index (χ4v) is 2.87. The standard InChI is InChI=1S/C20H20ClNO3/c1-25-17-5-3-2-4-16(17)22-19(24)20(12-13-20)18(23)11-8-14-6-9-15(21)10-7-14/h2-11,18,23H,12-13H2,1H3,(H,22,24)/b11-8+. The molecule has 1 aliphatic carbocycles. The number of para-hydroxylation sites is 2. The highest BCUT2D eigenvalue weighted by molar-refractivity contribution is 6.30. The molecule has 0 saturated heterocycles. The van der Waals surface area contributed by atoms with Crippen LogP contribution in [0.3, 0.4) is 0 Å². The van der Waals surface area contributed by atoms with Crippen LogP contribution >= 0.6 is 11.6 Å². The van der Waals surface area contributed by atoms with E-state index in [-0.39, 0.29) is 5.91 Å². The molecule has 0 aromatic heterocycles. The molecule has 0 heterocycles. The van der Waals surface area contributed by atoms with Gasteiger partial charge in [0.05, 0.1) is 24.3 Å². The van der Waals surface area contributed by atoms with Crippen molar-refractivity contribution in [3.05, 3.63) is 65.2 Å². The van der Waals surface area contributed by atoms with Gasteiger partial charge in [-0.15, -0.1) is 0 Å². The van der Waals surface area contributed by atoms with Crippen molar-refractivity contribution in [2.24, 2.45) is 5.41 Å². The number of nitrogens with one attached hydrogen (secondary N) is 1. The second-order valence-electron chi connectivity index (χ2n) is 6.17. The molecule has 2 aromatic carbocycles. The van der Waals surface area contributed by atoms with Crippen molar-refractivity contribution >= 4 is 29.3 Å². The van der Waals surface area contributed by atoms with Crippen LogP contribution in [0.25, 0.3) is 6.08 Å². The van der Waals surface area contributed by atoms with Crippen molar-refractivity contribution in [2.45, 2.75) is 18.9 Å². The van der Waals surface area contributed by atoms with E-state index in [1.54, 1.807) is 43.5 Å². The van der Waals surface area contributed by atoms with E-state index in [1.165, 1.54) is 0 Å². The number of methoxy groups -OCH3 is 1. The van der Waals surface area contributed by atoms with Crippen LogP contribution < -0.4 is 10.1 Å². The topological polar surface area (TPSA) is 58.6 Å². The van der Waals surface area contributed by atoms with Gasteiger partial charge in [-0.25, -0.2) is 0 Å². The first-order valence-electron chi connectivity index (χ1n) is 8.11. The van der Waals surface area contributed by atoms with Crippen LogP contribution in [0.15, 0.2) is 54.6 Å². The minimum absolute atomic E-state index is 0.190. The summed E-state index contributed by atoms with van der Waals surface area (Å²) in [6.45, 7) is 0. The van der Waals surface area contributed by atoms with E-state index in [1.807, 2.05) is 24.3 Å². The molecule has 0 bridgehead atoms. The van der Waals surface area contributed by atoms with Gasteiger partial charge in [0.1, 0.15) is 5.75 Å². The predicted molar refractivity (Wildman–Crippen MR) is 99.8 cm³/mol. The number of aliphatic hydroxyl groups excluding tert-OH is 1. The molecular weight excluding hydrogens is 338 g/mol. The largest absolute Gasteiger partial charge is 0.495 e. The maximum absolute atomic E-state index is 12.7. The smallest absolute Gasteiger partial charge is 0.233 e. The van der Waals surface area contributed by atoms with Crippen molar-refractivity contribution in [3.8, 4) is 5.75 Å². The van der Waals surface area contributed by atoms with Gasteiger partial charge in [0.25, 0.3) is 0 Å². The van der Waals surface area contributed by atoms with Crippen LogP contribution in [0, 0.1) is 5.41 Å². The van der Waals surface area contributed by atoms with E-state index >= 15 is 0 Å².